The van der Waals surface area contributed by atoms with Gasteiger partial charge in [-0.05, 0) is 19.1 Å². The third-order valence-corrected chi connectivity index (χ3v) is 4.14. The van der Waals surface area contributed by atoms with Gasteiger partial charge in [0, 0.05) is 11.3 Å². The summed E-state index contributed by atoms with van der Waals surface area (Å²) >= 11 is 0. The molecule has 4 N–H and O–H groups in total. The maximum absolute atomic E-state index is 5.85. The van der Waals surface area contributed by atoms with E-state index in [9.17, 15) is 0 Å². The summed E-state index contributed by atoms with van der Waals surface area (Å²) in [6, 6.07) is 7.23. The average Bonchev–Trinajstić information content (AvgIpc) is 2.64. The second-order valence-corrected chi connectivity index (χ2v) is 6.25. The SMILES string of the molecule is C1CCCCCCC1.CC.Cc1ncnc(/N=C(\N)c2ccccc2N)n1. The van der Waals surface area contributed by atoms with Crippen molar-refractivity contribution in [2.45, 2.75) is 72.1 Å². The minimum atomic E-state index is 0.276. The number of nitrogen functional groups attached to an aromatic ring is 1. The summed E-state index contributed by atoms with van der Waals surface area (Å²) in [6.45, 7) is 5.76. The van der Waals surface area contributed by atoms with Crippen molar-refractivity contribution in [3.63, 3.8) is 0 Å². The van der Waals surface area contributed by atoms with Crippen LogP contribution in [0.3, 0.4) is 0 Å². The molecule has 1 aromatic heterocycles. The van der Waals surface area contributed by atoms with Crippen LogP contribution in [0.25, 0.3) is 0 Å². The number of rotatable bonds is 2. The van der Waals surface area contributed by atoms with E-state index in [2.05, 4.69) is 19.9 Å². The Balaban J connectivity index is 0.000000305. The second-order valence-electron chi connectivity index (χ2n) is 6.25. The van der Waals surface area contributed by atoms with E-state index < -0.39 is 0 Å². The molecule has 0 aliphatic heterocycles. The molecule has 27 heavy (non-hydrogen) atoms. The number of nitrogens with zero attached hydrogens (tertiary/aromatic N) is 4. The predicted molar refractivity (Wildman–Crippen MR) is 114 cm³/mol. The molecule has 2 aromatic rings. The molecule has 1 heterocycles. The summed E-state index contributed by atoms with van der Waals surface area (Å²) in [6.07, 6.45) is 13.4. The Morgan fingerprint density at radius 3 is 1.89 bits per heavy atom. The summed E-state index contributed by atoms with van der Waals surface area (Å²) in [7, 11) is 0. The molecule has 0 bridgehead atoms. The van der Waals surface area contributed by atoms with Gasteiger partial charge in [-0.3, -0.25) is 0 Å². The largest absolute Gasteiger partial charge is 0.398 e. The van der Waals surface area contributed by atoms with Gasteiger partial charge in [0.15, 0.2) is 0 Å². The first-order valence-corrected chi connectivity index (χ1v) is 10.0. The fraction of sp³-hybridized carbons (Fsp3) is 0.524. The minimum absolute atomic E-state index is 0.276. The van der Waals surface area contributed by atoms with Crippen LogP contribution in [0.15, 0.2) is 35.6 Å². The topological polar surface area (TPSA) is 103 Å². The standard InChI is InChI=1S/C11H12N6.C8H16.C2H6/c1-7-14-6-15-11(16-7)17-10(13)8-4-2-3-5-9(8)12;1-2-4-6-8-7-5-3-1;1-2/h2-6H,12H2,1H3,(H2,13,14,15,16,17);1-8H2;1-2H3. The van der Waals surface area contributed by atoms with Crippen molar-refractivity contribution in [2.75, 3.05) is 5.73 Å². The molecule has 3 rings (SSSR count). The van der Waals surface area contributed by atoms with Crippen molar-refractivity contribution >= 4 is 17.5 Å². The lowest BCUT2D eigenvalue weighted by Gasteiger charge is -2.05. The zero-order valence-electron chi connectivity index (χ0n) is 17.0. The fourth-order valence-electron chi connectivity index (χ4n) is 2.73. The molecule has 6 nitrogen and oxygen atoms in total. The lowest BCUT2D eigenvalue weighted by molar-refractivity contribution is 0.504. The summed E-state index contributed by atoms with van der Waals surface area (Å²) in [5, 5.41) is 0. The van der Waals surface area contributed by atoms with Crippen molar-refractivity contribution in [3.8, 4) is 0 Å². The van der Waals surface area contributed by atoms with E-state index in [4.69, 9.17) is 11.5 Å². The molecule has 1 aromatic carbocycles. The quantitative estimate of drug-likeness (QED) is 0.442. The maximum atomic E-state index is 5.85. The Bertz CT molecular complexity index is 660. The molecule has 0 amide bonds. The Morgan fingerprint density at radius 1 is 0.889 bits per heavy atom. The molecular weight excluding hydrogens is 336 g/mol. The van der Waals surface area contributed by atoms with Crippen molar-refractivity contribution in [1.82, 2.24) is 15.0 Å². The number of hydrogen-bond acceptors (Lipinski definition) is 5. The molecule has 0 unspecified atom stereocenters. The number of para-hydroxylation sites is 1. The van der Waals surface area contributed by atoms with E-state index in [1.54, 1.807) is 19.1 Å². The molecule has 1 aliphatic rings. The first kappa shape index (κ1) is 22.5. The van der Waals surface area contributed by atoms with Crippen LogP contribution in [0.1, 0.15) is 76.6 Å². The van der Waals surface area contributed by atoms with E-state index in [-0.39, 0.29) is 11.8 Å². The number of aromatic nitrogens is 3. The van der Waals surface area contributed by atoms with Gasteiger partial charge in [-0.1, -0.05) is 77.3 Å². The number of amidine groups is 1. The summed E-state index contributed by atoms with van der Waals surface area (Å²) in [5.41, 5.74) is 12.9. The average molecular weight is 371 g/mol. The minimum Gasteiger partial charge on any atom is -0.398 e. The number of aryl methyl sites for hydroxylation is 1. The number of benzene rings is 1. The highest BCUT2D eigenvalue weighted by atomic mass is 15.1. The highest BCUT2D eigenvalue weighted by molar-refractivity contribution is 6.02. The van der Waals surface area contributed by atoms with Crippen LogP contribution in [-0.4, -0.2) is 20.8 Å². The van der Waals surface area contributed by atoms with Gasteiger partial charge in [0.05, 0.1) is 0 Å². The first-order valence-electron chi connectivity index (χ1n) is 10.0. The molecule has 0 radical (unpaired) electrons. The number of hydrogen-bond donors (Lipinski definition) is 2. The molecule has 0 atom stereocenters. The Morgan fingerprint density at radius 2 is 1.41 bits per heavy atom. The van der Waals surface area contributed by atoms with Gasteiger partial charge < -0.3 is 11.5 Å². The van der Waals surface area contributed by atoms with Crippen molar-refractivity contribution in [2.24, 2.45) is 10.7 Å². The number of nitrogens with two attached hydrogens (primary N) is 2. The van der Waals surface area contributed by atoms with E-state index in [1.165, 1.54) is 57.7 Å². The normalized spacial score (nSPS) is 14.6. The molecule has 1 fully saturated rings. The smallest absolute Gasteiger partial charge is 0.254 e. The third-order valence-electron chi connectivity index (χ3n) is 4.14. The van der Waals surface area contributed by atoms with Crippen molar-refractivity contribution in [3.05, 3.63) is 42.0 Å². The Hall–Kier alpha value is -2.50. The van der Waals surface area contributed by atoms with Gasteiger partial charge in [0.2, 0.25) is 0 Å². The molecule has 0 spiro atoms. The molecule has 1 aliphatic carbocycles. The van der Waals surface area contributed by atoms with Crippen molar-refractivity contribution in [1.29, 1.82) is 0 Å². The number of aliphatic imine (C=N–C) groups is 1. The van der Waals surface area contributed by atoms with Crippen LogP contribution in [-0.2, 0) is 0 Å². The first-order chi connectivity index (χ1) is 13.2. The molecule has 1 saturated carbocycles. The molecular formula is C21H34N6. The monoisotopic (exact) mass is 370 g/mol. The van der Waals surface area contributed by atoms with Crippen LogP contribution in [0, 0.1) is 6.92 Å². The van der Waals surface area contributed by atoms with E-state index in [1.807, 2.05) is 26.0 Å². The predicted octanol–water partition coefficient (Wildman–Crippen LogP) is 4.95. The van der Waals surface area contributed by atoms with Crippen LogP contribution in [0.4, 0.5) is 11.6 Å². The summed E-state index contributed by atoms with van der Waals surface area (Å²) in [4.78, 5) is 15.9. The molecule has 0 saturated heterocycles. The van der Waals surface area contributed by atoms with E-state index in [0.29, 0.717) is 17.1 Å². The zero-order chi connectivity index (χ0) is 19.9. The molecule has 148 valence electrons. The van der Waals surface area contributed by atoms with Crippen LogP contribution < -0.4 is 11.5 Å². The summed E-state index contributed by atoms with van der Waals surface area (Å²) in [5.74, 6) is 1.15. The van der Waals surface area contributed by atoms with Crippen LogP contribution >= 0.6 is 0 Å². The van der Waals surface area contributed by atoms with Gasteiger partial charge in [-0.25, -0.2) is 4.98 Å². The highest BCUT2D eigenvalue weighted by Gasteiger charge is 2.04. The van der Waals surface area contributed by atoms with E-state index >= 15 is 0 Å². The van der Waals surface area contributed by atoms with Crippen molar-refractivity contribution < 1.29 is 0 Å². The Labute approximate surface area is 163 Å². The van der Waals surface area contributed by atoms with Crippen LogP contribution in [0.5, 0.6) is 0 Å². The Kier molecular flexibility index (Phi) is 11.4. The third kappa shape index (κ3) is 9.13. The highest BCUT2D eigenvalue weighted by Crippen LogP contribution is 2.15. The maximum Gasteiger partial charge on any atom is 0.254 e. The lowest BCUT2D eigenvalue weighted by Crippen LogP contribution is -2.15. The van der Waals surface area contributed by atoms with E-state index in [0.717, 1.165) is 0 Å². The van der Waals surface area contributed by atoms with Gasteiger partial charge in [-0.2, -0.15) is 15.0 Å². The molecule has 6 heteroatoms. The van der Waals surface area contributed by atoms with Gasteiger partial charge in [-0.15, -0.1) is 0 Å². The van der Waals surface area contributed by atoms with Gasteiger partial charge in [0.1, 0.15) is 18.0 Å². The second kappa shape index (κ2) is 13.7. The number of anilines is 1. The van der Waals surface area contributed by atoms with Gasteiger partial charge >= 0.3 is 0 Å². The summed E-state index contributed by atoms with van der Waals surface area (Å²) < 4.78 is 0. The fourth-order valence-corrected chi connectivity index (χ4v) is 2.73. The lowest BCUT2D eigenvalue weighted by atomic mass is 10.0. The zero-order valence-corrected chi connectivity index (χ0v) is 17.0. The van der Waals surface area contributed by atoms with Crippen LogP contribution in [0.2, 0.25) is 0 Å². The van der Waals surface area contributed by atoms with Gasteiger partial charge in [0.25, 0.3) is 5.95 Å².